The molecule has 1 aromatic rings. The number of carbonyl (C=O) groups excluding carboxylic acids is 2. The van der Waals surface area contributed by atoms with Crippen LogP contribution in [0.2, 0.25) is 0 Å². The van der Waals surface area contributed by atoms with Crippen molar-refractivity contribution in [1.82, 2.24) is 10.6 Å². The number of ether oxygens (including phenoxy) is 1. The third-order valence-corrected chi connectivity index (χ3v) is 10.1. The Morgan fingerprint density at radius 2 is 0.780 bits per heavy atom. The minimum atomic E-state index is -0.105. The van der Waals surface area contributed by atoms with Gasteiger partial charge in [0.1, 0.15) is 5.75 Å². The molecule has 2 amide bonds. The van der Waals surface area contributed by atoms with Crippen LogP contribution in [0.3, 0.4) is 0 Å². The van der Waals surface area contributed by atoms with Crippen molar-refractivity contribution in [3.8, 4) is 5.75 Å². The number of unbranched alkanes of at least 4 members (excludes halogenated alkanes) is 28. The highest BCUT2D eigenvalue weighted by Crippen LogP contribution is 2.22. The van der Waals surface area contributed by atoms with E-state index in [0.717, 1.165) is 38.5 Å². The molecular formula is C45H82N2O3. The van der Waals surface area contributed by atoms with E-state index in [4.69, 9.17) is 4.74 Å². The van der Waals surface area contributed by atoms with Crippen molar-refractivity contribution in [1.29, 1.82) is 0 Å². The molecule has 2 N–H and O–H groups in total. The maximum atomic E-state index is 13.2. The topological polar surface area (TPSA) is 67.4 Å². The smallest absolute Gasteiger partial charge is 0.255 e. The molecule has 0 aliphatic carbocycles. The summed E-state index contributed by atoms with van der Waals surface area (Å²) in [5.41, 5.74) is 1.10. The van der Waals surface area contributed by atoms with E-state index in [-0.39, 0.29) is 11.8 Å². The standard InChI is InChI=1S/C45H82N2O3/c1-4-7-10-13-16-19-20-21-22-25-28-31-34-39-50-43-40-41(44(48)46-37-32-29-26-23-17-14-11-8-5-2)35-36-42(43)45(49)47-38-33-30-27-24-18-15-12-9-6-3/h35-36,40H,4-34,37-39H2,1-3H3,(H,46,48)(H,47,49). The normalized spacial score (nSPS) is 11.2. The Morgan fingerprint density at radius 1 is 0.440 bits per heavy atom. The van der Waals surface area contributed by atoms with Gasteiger partial charge in [-0.1, -0.05) is 201 Å². The molecule has 0 spiro atoms. The van der Waals surface area contributed by atoms with Crippen molar-refractivity contribution < 1.29 is 14.3 Å². The highest BCUT2D eigenvalue weighted by molar-refractivity contribution is 6.00. The van der Waals surface area contributed by atoms with E-state index in [1.807, 2.05) is 0 Å². The summed E-state index contributed by atoms with van der Waals surface area (Å²) >= 11 is 0. The Kier molecular flexibility index (Phi) is 32.5. The van der Waals surface area contributed by atoms with Crippen LogP contribution >= 0.6 is 0 Å². The second-order valence-electron chi connectivity index (χ2n) is 15.0. The molecule has 0 saturated heterocycles. The average molecular weight is 699 g/mol. The number of rotatable bonds is 37. The second-order valence-corrected chi connectivity index (χ2v) is 15.0. The van der Waals surface area contributed by atoms with Gasteiger partial charge < -0.3 is 15.4 Å². The third-order valence-electron chi connectivity index (χ3n) is 10.1. The Hall–Kier alpha value is -2.04. The first-order chi connectivity index (χ1) is 24.6. The van der Waals surface area contributed by atoms with Crippen molar-refractivity contribution in [2.45, 2.75) is 220 Å². The van der Waals surface area contributed by atoms with Crippen LogP contribution in [-0.4, -0.2) is 31.5 Å². The summed E-state index contributed by atoms with van der Waals surface area (Å²) in [4.78, 5) is 26.2. The zero-order valence-electron chi connectivity index (χ0n) is 33.5. The third kappa shape index (κ3) is 26.7. The number of carbonyl (C=O) groups is 2. The predicted octanol–water partition coefficient (Wildman–Crippen LogP) is 13.7. The van der Waals surface area contributed by atoms with Crippen LogP contribution in [0.25, 0.3) is 0 Å². The van der Waals surface area contributed by atoms with Gasteiger partial charge in [0, 0.05) is 18.7 Å². The number of hydrogen-bond acceptors (Lipinski definition) is 3. The lowest BCUT2D eigenvalue weighted by Gasteiger charge is -2.14. The molecular weight excluding hydrogens is 617 g/mol. The van der Waals surface area contributed by atoms with Gasteiger partial charge in [-0.3, -0.25) is 9.59 Å². The molecule has 0 aliphatic heterocycles. The minimum absolute atomic E-state index is 0.0861. The monoisotopic (exact) mass is 699 g/mol. The van der Waals surface area contributed by atoms with E-state index in [9.17, 15) is 9.59 Å². The zero-order chi connectivity index (χ0) is 36.2. The van der Waals surface area contributed by atoms with Gasteiger partial charge >= 0.3 is 0 Å². The Morgan fingerprint density at radius 3 is 1.18 bits per heavy atom. The quantitative estimate of drug-likeness (QED) is 0.0680. The molecule has 50 heavy (non-hydrogen) atoms. The number of hydrogen-bond donors (Lipinski definition) is 2. The van der Waals surface area contributed by atoms with Crippen molar-refractivity contribution >= 4 is 11.8 Å². The van der Waals surface area contributed by atoms with Crippen molar-refractivity contribution in [2.75, 3.05) is 19.7 Å². The van der Waals surface area contributed by atoms with Crippen LogP contribution < -0.4 is 15.4 Å². The van der Waals surface area contributed by atoms with Crippen molar-refractivity contribution in [3.05, 3.63) is 29.3 Å². The molecule has 0 radical (unpaired) electrons. The van der Waals surface area contributed by atoms with Crippen LogP contribution in [0.4, 0.5) is 0 Å². The summed E-state index contributed by atoms with van der Waals surface area (Å²) in [6.07, 6.45) is 39.7. The molecule has 0 saturated carbocycles. The SMILES string of the molecule is CCCCCCCCCCCCCCCOc1cc(C(=O)NCCCCCCCCCCC)ccc1C(=O)NCCCCCCCCCCC. The lowest BCUT2D eigenvalue weighted by molar-refractivity contribution is 0.0937. The molecule has 0 aromatic heterocycles. The maximum absolute atomic E-state index is 13.2. The summed E-state index contributed by atoms with van der Waals surface area (Å²) < 4.78 is 6.21. The minimum Gasteiger partial charge on any atom is -0.493 e. The molecule has 0 unspecified atom stereocenters. The molecule has 290 valence electrons. The largest absolute Gasteiger partial charge is 0.493 e. The molecule has 5 heteroatoms. The molecule has 1 rings (SSSR count). The lowest BCUT2D eigenvalue weighted by atomic mass is 10.0. The molecule has 5 nitrogen and oxygen atoms in total. The molecule has 0 heterocycles. The maximum Gasteiger partial charge on any atom is 0.255 e. The predicted molar refractivity (Wildman–Crippen MR) is 217 cm³/mol. The summed E-state index contributed by atoms with van der Waals surface area (Å²) in [6, 6.07) is 5.33. The highest BCUT2D eigenvalue weighted by Gasteiger charge is 2.16. The van der Waals surface area contributed by atoms with Gasteiger partial charge in [-0.05, 0) is 37.5 Å². The van der Waals surface area contributed by atoms with Gasteiger partial charge in [-0.15, -0.1) is 0 Å². The highest BCUT2D eigenvalue weighted by atomic mass is 16.5. The van der Waals surface area contributed by atoms with E-state index in [1.165, 1.54) is 161 Å². The molecule has 0 fully saturated rings. The fourth-order valence-electron chi connectivity index (χ4n) is 6.74. The fraction of sp³-hybridized carbons (Fsp3) is 0.822. The van der Waals surface area contributed by atoms with Gasteiger partial charge in [0.05, 0.1) is 12.2 Å². The number of benzene rings is 1. The number of amides is 2. The summed E-state index contributed by atoms with van der Waals surface area (Å²) in [6.45, 7) is 8.72. The van der Waals surface area contributed by atoms with E-state index >= 15 is 0 Å². The van der Waals surface area contributed by atoms with Crippen LogP contribution in [0.1, 0.15) is 241 Å². The fourth-order valence-corrected chi connectivity index (χ4v) is 6.74. The first kappa shape index (κ1) is 46.0. The summed E-state index contributed by atoms with van der Waals surface area (Å²) in [5.74, 6) is 0.341. The summed E-state index contributed by atoms with van der Waals surface area (Å²) in [5, 5.41) is 6.20. The van der Waals surface area contributed by atoms with E-state index in [2.05, 4.69) is 31.4 Å². The Labute approximate surface area is 310 Å². The van der Waals surface area contributed by atoms with E-state index < -0.39 is 0 Å². The first-order valence-corrected chi connectivity index (χ1v) is 22.0. The van der Waals surface area contributed by atoms with E-state index in [1.54, 1.807) is 18.2 Å². The van der Waals surface area contributed by atoms with Crippen LogP contribution in [0.5, 0.6) is 5.75 Å². The number of nitrogens with one attached hydrogen (secondary N) is 2. The molecule has 1 aromatic carbocycles. The van der Waals surface area contributed by atoms with Gasteiger partial charge in [-0.25, -0.2) is 0 Å². The van der Waals surface area contributed by atoms with Crippen LogP contribution in [0.15, 0.2) is 18.2 Å². The van der Waals surface area contributed by atoms with Gasteiger partial charge in [0.25, 0.3) is 11.8 Å². The zero-order valence-corrected chi connectivity index (χ0v) is 33.5. The molecule has 0 aliphatic rings. The lowest BCUT2D eigenvalue weighted by Crippen LogP contribution is -2.26. The van der Waals surface area contributed by atoms with Crippen molar-refractivity contribution in [3.63, 3.8) is 0 Å². The van der Waals surface area contributed by atoms with Crippen LogP contribution in [-0.2, 0) is 0 Å². The average Bonchev–Trinajstić information content (AvgIpc) is 3.13. The van der Waals surface area contributed by atoms with Gasteiger partial charge in [-0.2, -0.15) is 0 Å². The van der Waals surface area contributed by atoms with Gasteiger partial charge in [0.15, 0.2) is 0 Å². The van der Waals surface area contributed by atoms with Gasteiger partial charge in [0.2, 0.25) is 0 Å². The first-order valence-electron chi connectivity index (χ1n) is 22.0. The van der Waals surface area contributed by atoms with E-state index in [0.29, 0.717) is 36.6 Å². The van der Waals surface area contributed by atoms with Crippen LogP contribution in [0, 0.1) is 0 Å². The Balaban J connectivity index is 2.47. The Bertz CT molecular complexity index is 918. The van der Waals surface area contributed by atoms with Crippen molar-refractivity contribution in [2.24, 2.45) is 0 Å². The summed E-state index contributed by atoms with van der Waals surface area (Å²) in [7, 11) is 0. The molecule has 0 atom stereocenters. The molecule has 0 bridgehead atoms. The second kappa shape index (κ2) is 35.4.